The molecule has 1 amide bonds. The molecule has 1 aromatic carbocycles. The average molecular weight is 477 g/mol. The van der Waals surface area contributed by atoms with Gasteiger partial charge in [-0.25, -0.2) is 0 Å². The first kappa shape index (κ1) is 28.0. The zero-order valence-electron chi connectivity index (χ0n) is 21.7. The Morgan fingerprint density at radius 3 is 2.38 bits per heavy atom. The van der Waals surface area contributed by atoms with Crippen molar-refractivity contribution >= 4 is 12.4 Å². The molecule has 2 heterocycles. The second-order valence-electron chi connectivity index (χ2n) is 9.91. The predicted molar refractivity (Wildman–Crippen MR) is 134 cm³/mol. The number of hydrogen-bond donors (Lipinski definition) is 1. The van der Waals surface area contributed by atoms with Crippen LogP contribution in [0, 0.1) is 11.8 Å². The van der Waals surface area contributed by atoms with E-state index in [0.717, 1.165) is 81.6 Å². The molecule has 1 aromatic rings. The van der Waals surface area contributed by atoms with Crippen molar-refractivity contribution in [2.24, 2.45) is 11.8 Å². The lowest BCUT2D eigenvalue weighted by molar-refractivity contribution is -0.143. The minimum Gasteiger partial charge on any atom is -0.481 e. The summed E-state index contributed by atoms with van der Waals surface area (Å²) in [6, 6.07) is 5.90. The highest BCUT2D eigenvalue weighted by molar-refractivity contribution is 5.73. The number of benzene rings is 1. The molecule has 7 heteroatoms. The predicted octanol–water partition coefficient (Wildman–Crippen LogP) is 4.99. The Labute approximate surface area is 205 Å². The Balaban J connectivity index is 0.000000316. The number of nitrogens with zero attached hydrogens (tertiary/aromatic N) is 2. The molecule has 34 heavy (non-hydrogen) atoms. The molecule has 0 radical (unpaired) electrons. The summed E-state index contributed by atoms with van der Waals surface area (Å²) in [6.45, 7) is 11.5. The van der Waals surface area contributed by atoms with Crippen LogP contribution in [-0.2, 0) is 9.59 Å². The highest BCUT2D eigenvalue weighted by atomic mass is 16.7. The van der Waals surface area contributed by atoms with Gasteiger partial charge >= 0.3 is 5.97 Å². The molecule has 192 valence electrons. The SMILES string of the molecule is CC(C)CCC1C(C(=O)O)C(c2ccc3c(c2)OCO3)CN1C.CCCCN(C=O)CCCC. The van der Waals surface area contributed by atoms with E-state index >= 15 is 0 Å². The summed E-state index contributed by atoms with van der Waals surface area (Å²) in [5, 5.41) is 9.81. The number of amides is 1. The summed E-state index contributed by atoms with van der Waals surface area (Å²) in [7, 11) is 2.04. The number of carbonyl (C=O) groups excluding carboxylic acids is 1. The van der Waals surface area contributed by atoms with E-state index in [4.69, 9.17) is 9.47 Å². The van der Waals surface area contributed by atoms with E-state index in [1.54, 1.807) is 0 Å². The highest BCUT2D eigenvalue weighted by Crippen LogP contribution is 2.42. The molecule has 7 nitrogen and oxygen atoms in total. The molecule has 2 aliphatic heterocycles. The second kappa shape index (κ2) is 14.2. The molecule has 0 spiro atoms. The summed E-state index contributed by atoms with van der Waals surface area (Å²) >= 11 is 0. The van der Waals surface area contributed by atoms with E-state index in [1.807, 2.05) is 30.1 Å². The molecule has 0 saturated carbocycles. The maximum absolute atomic E-state index is 11.9. The summed E-state index contributed by atoms with van der Waals surface area (Å²) in [5.74, 6) is 0.958. The summed E-state index contributed by atoms with van der Waals surface area (Å²) in [4.78, 5) is 26.5. The number of fused-ring (bicyclic) bond motifs is 1. The molecule has 3 atom stereocenters. The molecule has 1 N–H and O–H groups in total. The van der Waals surface area contributed by atoms with Crippen LogP contribution < -0.4 is 9.47 Å². The Bertz CT molecular complexity index is 761. The highest BCUT2D eigenvalue weighted by Gasteiger charge is 2.45. The van der Waals surface area contributed by atoms with E-state index in [1.165, 1.54) is 0 Å². The molecular weight excluding hydrogens is 432 g/mol. The van der Waals surface area contributed by atoms with E-state index in [2.05, 4.69) is 32.6 Å². The molecule has 0 aromatic heterocycles. The number of rotatable bonds is 12. The van der Waals surface area contributed by atoms with Gasteiger partial charge < -0.3 is 24.4 Å². The summed E-state index contributed by atoms with van der Waals surface area (Å²) < 4.78 is 10.8. The Hall–Kier alpha value is -2.28. The Morgan fingerprint density at radius 2 is 1.82 bits per heavy atom. The van der Waals surface area contributed by atoms with Crippen LogP contribution in [0.3, 0.4) is 0 Å². The van der Waals surface area contributed by atoms with Crippen molar-refractivity contribution in [3.05, 3.63) is 23.8 Å². The lowest BCUT2D eigenvalue weighted by Crippen LogP contribution is -2.34. The Morgan fingerprint density at radius 1 is 1.18 bits per heavy atom. The van der Waals surface area contributed by atoms with E-state index in [9.17, 15) is 14.7 Å². The van der Waals surface area contributed by atoms with Gasteiger partial charge in [0.05, 0.1) is 5.92 Å². The largest absolute Gasteiger partial charge is 0.481 e. The van der Waals surface area contributed by atoms with Gasteiger partial charge in [-0.3, -0.25) is 9.59 Å². The van der Waals surface area contributed by atoms with Crippen molar-refractivity contribution in [3.63, 3.8) is 0 Å². The van der Waals surface area contributed by atoms with Crippen LogP contribution in [0.5, 0.6) is 11.5 Å². The number of likely N-dealkylation sites (N-methyl/N-ethyl adjacent to an activating group) is 1. The van der Waals surface area contributed by atoms with Crippen LogP contribution in [0.1, 0.15) is 77.7 Å². The molecule has 0 bridgehead atoms. The first-order valence-electron chi connectivity index (χ1n) is 12.8. The quantitative estimate of drug-likeness (QED) is 0.428. The zero-order valence-corrected chi connectivity index (χ0v) is 21.7. The molecule has 3 rings (SSSR count). The van der Waals surface area contributed by atoms with E-state index in [-0.39, 0.29) is 24.7 Å². The number of hydrogen-bond acceptors (Lipinski definition) is 5. The van der Waals surface area contributed by atoms with Gasteiger partial charge in [0.2, 0.25) is 13.2 Å². The van der Waals surface area contributed by atoms with Crippen LogP contribution in [-0.4, -0.2) is 66.8 Å². The van der Waals surface area contributed by atoms with Crippen molar-refractivity contribution in [1.82, 2.24) is 9.80 Å². The third kappa shape index (κ3) is 7.90. The van der Waals surface area contributed by atoms with Gasteiger partial charge in [-0.2, -0.15) is 0 Å². The van der Waals surface area contributed by atoms with Gasteiger partial charge in [0.15, 0.2) is 11.5 Å². The van der Waals surface area contributed by atoms with Crippen LogP contribution in [0.4, 0.5) is 0 Å². The molecule has 3 unspecified atom stereocenters. The van der Waals surface area contributed by atoms with Crippen LogP contribution in [0.25, 0.3) is 0 Å². The molecule has 2 aliphatic rings. The van der Waals surface area contributed by atoms with Gasteiger partial charge in [0, 0.05) is 31.6 Å². The summed E-state index contributed by atoms with van der Waals surface area (Å²) in [5.41, 5.74) is 1.03. The van der Waals surface area contributed by atoms with Crippen molar-refractivity contribution in [2.45, 2.75) is 78.2 Å². The normalized spacial score (nSPS) is 21.3. The van der Waals surface area contributed by atoms with Gasteiger partial charge in [0.1, 0.15) is 0 Å². The first-order valence-corrected chi connectivity index (χ1v) is 12.8. The Kier molecular flexibility index (Phi) is 11.7. The summed E-state index contributed by atoms with van der Waals surface area (Å²) in [6.07, 6.45) is 7.52. The fourth-order valence-electron chi connectivity index (χ4n) is 4.74. The molecular formula is C27H44N2O5. The minimum atomic E-state index is -0.703. The molecule has 1 saturated heterocycles. The number of carbonyl (C=O) groups is 2. The number of carboxylic acid groups (broad SMARTS) is 1. The maximum Gasteiger partial charge on any atom is 0.308 e. The van der Waals surface area contributed by atoms with Crippen LogP contribution >= 0.6 is 0 Å². The van der Waals surface area contributed by atoms with Crippen LogP contribution in [0.2, 0.25) is 0 Å². The maximum atomic E-state index is 11.9. The fraction of sp³-hybridized carbons (Fsp3) is 0.704. The van der Waals surface area contributed by atoms with E-state index < -0.39 is 5.97 Å². The number of likely N-dealkylation sites (tertiary alicyclic amines) is 1. The zero-order chi connectivity index (χ0) is 25.1. The monoisotopic (exact) mass is 476 g/mol. The van der Waals surface area contributed by atoms with Crippen molar-refractivity contribution in [1.29, 1.82) is 0 Å². The first-order chi connectivity index (χ1) is 16.3. The number of ether oxygens (including phenoxy) is 2. The van der Waals surface area contributed by atoms with Crippen molar-refractivity contribution in [3.8, 4) is 11.5 Å². The van der Waals surface area contributed by atoms with Gasteiger partial charge in [-0.1, -0.05) is 46.6 Å². The smallest absolute Gasteiger partial charge is 0.308 e. The lowest BCUT2D eigenvalue weighted by Gasteiger charge is -2.24. The van der Waals surface area contributed by atoms with Gasteiger partial charge in [0.25, 0.3) is 0 Å². The minimum absolute atomic E-state index is 0.0100. The topological polar surface area (TPSA) is 79.3 Å². The van der Waals surface area contributed by atoms with Gasteiger partial charge in [-0.05, 0) is 56.3 Å². The fourth-order valence-corrected chi connectivity index (χ4v) is 4.74. The standard InChI is InChI=1S/C18H25NO4.C9H19NO/c1-11(2)4-6-14-17(18(20)21)13(9-19(14)3)12-5-7-15-16(8-12)23-10-22-15;1-3-5-7-10(9-11)8-6-4-2/h5,7-8,11,13-14,17H,4,6,9-10H2,1-3H3,(H,20,21);9H,3-8H2,1-2H3. The molecule has 0 aliphatic carbocycles. The van der Waals surface area contributed by atoms with Crippen LogP contribution in [0.15, 0.2) is 18.2 Å². The number of carboxylic acids is 1. The third-order valence-electron chi connectivity index (χ3n) is 6.80. The average Bonchev–Trinajstić information content (AvgIpc) is 3.41. The second-order valence-corrected chi connectivity index (χ2v) is 9.91. The lowest BCUT2D eigenvalue weighted by atomic mass is 9.83. The van der Waals surface area contributed by atoms with Gasteiger partial charge in [-0.15, -0.1) is 0 Å². The molecule has 1 fully saturated rings. The number of aliphatic carboxylic acids is 1. The van der Waals surface area contributed by atoms with Crippen molar-refractivity contribution in [2.75, 3.05) is 33.5 Å². The third-order valence-corrected chi connectivity index (χ3v) is 6.80. The number of unbranched alkanes of at least 4 members (excludes halogenated alkanes) is 2. The van der Waals surface area contributed by atoms with E-state index in [0.29, 0.717) is 5.92 Å². The van der Waals surface area contributed by atoms with Crippen molar-refractivity contribution < 1.29 is 24.2 Å².